The van der Waals surface area contributed by atoms with Crippen molar-refractivity contribution in [2.45, 2.75) is 22.6 Å². The van der Waals surface area contributed by atoms with Gasteiger partial charge in [0.1, 0.15) is 11.9 Å². The first-order valence-corrected chi connectivity index (χ1v) is 9.45. The van der Waals surface area contributed by atoms with Gasteiger partial charge in [0.2, 0.25) is 0 Å². The van der Waals surface area contributed by atoms with Crippen LogP contribution in [0, 0.1) is 11.3 Å². The van der Waals surface area contributed by atoms with E-state index in [9.17, 15) is 18.3 Å². The van der Waals surface area contributed by atoms with Crippen LogP contribution in [0.1, 0.15) is 12.1 Å². The van der Waals surface area contributed by atoms with Crippen molar-refractivity contribution in [3.8, 4) is 6.07 Å². The molecule has 1 aliphatic heterocycles. The summed E-state index contributed by atoms with van der Waals surface area (Å²) in [5, 5.41) is 19.5. The minimum absolute atomic E-state index is 0. The van der Waals surface area contributed by atoms with Crippen molar-refractivity contribution in [1.82, 2.24) is 9.97 Å². The van der Waals surface area contributed by atoms with Gasteiger partial charge in [-0.2, -0.15) is 5.26 Å². The van der Waals surface area contributed by atoms with Crippen molar-refractivity contribution >= 4 is 33.2 Å². The Morgan fingerprint density at radius 1 is 1.33 bits per heavy atom. The number of aromatic nitrogens is 2. The Kier molecular flexibility index (Phi) is 6.50. The monoisotopic (exact) mass is 398 g/mol. The first-order chi connectivity index (χ1) is 12.3. The van der Waals surface area contributed by atoms with Crippen LogP contribution in [-0.2, 0) is 14.6 Å². The average Bonchev–Trinajstić information content (AvgIpc) is 3.08. The molecule has 0 amide bonds. The summed E-state index contributed by atoms with van der Waals surface area (Å²) in [7, 11) is -3.87. The van der Waals surface area contributed by atoms with E-state index in [0.29, 0.717) is 0 Å². The van der Waals surface area contributed by atoms with Gasteiger partial charge in [-0.1, -0.05) is 23.7 Å². The van der Waals surface area contributed by atoms with E-state index in [1.54, 1.807) is 12.1 Å². The van der Waals surface area contributed by atoms with Crippen LogP contribution >= 0.6 is 11.6 Å². The predicted octanol–water partition coefficient (Wildman–Crippen LogP) is -2.82. The molecular weight excluding hydrogens is 387 g/mol. The number of carbonyl (C=O) groups is 1. The summed E-state index contributed by atoms with van der Waals surface area (Å²) in [5.41, 5.74) is -0.00277. The van der Waals surface area contributed by atoms with Gasteiger partial charge in [0.15, 0.2) is 15.5 Å². The number of sulfone groups is 1. The van der Waals surface area contributed by atoms with Crippen molar-refractivity contribution < 1.29 is 37.2 Å². The minimum atomic E-state index is -3.87. The third-order valence-electron chi connectivity index (χ3n) is 4.15. The maximum atomic E-state index is 12.9. The Labute approximate surface area is 172 Å². The molecule has 1 aliphatic rings. The first kappa shape index (κ1) is 21.2. The molecule has 8 nitrogen and oxygen atoms in total. The predicted molar refractivity (Wildman–Crippen MR) is 89.9 cm³/mol. The number of nitriles is 1. The summed E-state index contributed by atoms with van der Waals surface area (Å²) in [6.45, 7) is -0.129. The molecular formula is C16H12ClLiN4O4S. The summed E-state index contributed by atoms with van der Waals surface area (Å²) in [6.07, 6.45) is 2.32. The van der Waals surface area contributed by atoms with Gasteiger partial charge >= 0.3 is 18.9 Å². The standard InChI is InChI=1S/C16H13ClN4O4S.Li/c17-12-3-1-2-4-14(12)26(24,25)11-5-13(16(22)23)21(9-11)15-8-19-7-10(6-18)20-15;/h1-4,7-8,11,13H,5,9H2,(H,22,23);/q;+1/p-1/t11-,13-;/m0./s1. The Balaban J connectivity index is 0.00000261. The Bertz CT molecular complexity index is 1010. The van der Waals surface area contributed by atoms with Gasteiger partial charge in [0.05, 0.1) is 39.6 Å². The maximum Gasteiger partial charge on any atom is 1.00 e. The fourth-order valence-corrected chi connectivity index (χ4v) is 5.12. The molecule has 0 unspecified atom stereocenters. The van der Waals surface area contributed by atoms with Crippen molar-refractivity contribution in [3.63, 3.8) is 0 Å². The molecule has 0 aliphatic carbocycles. The number of rotatable bonds is 4. The molecule has 3 rings (SSSR count). The second-order valence-corrected chi connectivity index (χ2v) is 8.30. The smallest absolute Gasteiger partial charge is 0.548 e. The van der Waals surface area contributed by atoms with Crippen molar-refractivity contribution in [3.05, 3.63) is 47.4 Å². The molecule has 0 spiro atoms. The molecule has 0 N–H and O–H groups in total. The molecule has 134 valence electrons. The zero-order valence-corrected chi connectivity index (χ0v) is 15.8. The number of halogens is 1. The van der Waals surface area contributed by atoms with E-state index in [0.717, 1.165) is 0 Å². The number of hydrogen-bond donors (Lipinski definition) is 0. The number of hydrogen-bond acceptors (Lipinski definition) is 8. The van der Waals surface area contributed by atoms with Crippen LogP contribution in [0.2, 0.25) is 5.02 Å². The van der Waals surface area contributed by atoms with Crippen LogP contribution in [0.15, 0.2) is 41.6 Å². The minimum Gasteiger partial charge on any atom is -0.548 e. The number of carbonyl (C=O) groups excluding carboxylic acids is 1. The Morgan fingerprint density at radius 3 is 2.67 bits per heavy atom. The fraction of sp³-hybridized carbons (Fsp3) is 0.250. The van der Waals surface area contributed by atoms with Crippen molar-refractivity contribution in [1.29, 1.82) is 5.26 Å². The summed E-state index contributed by atoms with van der Waals surface area (Å²) >= 11 is 6.00. The summed E-state index contributed by atoms with van der Waals surface area (Å²) < 4.78 is 25.8. The first-order valence-electron chi connectivity index (χ1n) is 7.52. The van der Waals surface area contributed by atoms with E-state index in [2.05, 4.69) is 9.97 Å². The molecule has 2 heterocycles. The van der Waals surface area contributed by atoms with Crippen molar-refractivity contribution in [2.75, 3.05) is 11.4 Å². The zero-order chi connectivity index (χ0) is 18.9. The molecule has 1 fully saturated rings. The number of nitrogens with zero attached hydrogens (tertiary/aromatic N) is 4. The molecule has 1 saturated heterocycles. The Hall–Kier alpha value is -2.10. The zero-order valence-electron chi connectivity index (χ0n) is 14.2. The number of carboxylic acid groups (broad SMARTS) is 1. The molecule has 2 aromatic rings. The van der Waals surface area contributed by atoms with Gasteiger partial charge in [-0.25, -0.2) is 13.4 Å². The second kappa shape index (κ2) is 8.28. The number of aliphatic carboxylic acids is 1. The van der Waals surface area contributed by atoms with Gasteiger partial charge in [0, 0.05) is 6.54 Å². The van der Waals surface area contributed by atoms with Gasteiger partial charge in [0.25, 0.3) is 0 Å². The van der Waals surface area contributed by atoms with Crippen LogP contribution in [0.5, 0.6) is 0 Å². The van der Waals surface area contributed by atoms with Gasteiger partial charge < -0.3 is 14.8 Å². The number of benzene rings is 1. The topological polar surface area (TPSA) is 127 Å². The maximum absolute atomic E-state index is 12.9. The Morgan fingerprint density at radius 2 is 2.04 bits per heavy atom. The molecule has 1 aromatic heterocycles. The van der Waals surface area contributed by atoms with Crippen LogP contribution < -0.4 is 28.9 Å². The second-order valence-electron chi connectivity index (χ2n) is 5.69. The van der Waals surface area contributed by atoms with E-state index in [1.807, 2.05) is 6.07 Å². The summed E-state index contributed by atoms with van der Waals surface area (Å²) in [5.74, 6) is -1.32. The third-order valence-corrected chi connectivity index (χ3v) is 6.78. The number of carboxylic acids is 1. The van der Waals surface area contributed by atoms with E-state index in [1.165, 1.54) is 29.4 Å². The van der Waals surface area contributed by atoms with Crippen LogP contribution in [0.3, 0.4) is 0 Å². The summed E-state index contributed by atoms with van der Waals surface area (Å²) in [4.78, 5) is 20.6. The molecule has 2 atom stereocenters. The van der Waals surface area contributed by atoms with Crippen molar-refractivity contribution in [2.24, 2.45) is 0 Å². The van der Waals surface area contributed by atoms with Gasteiger partial charge in [-0.05, 0) is 18.6 Å². The van der Waals surface area contributed by atoms with E-state index in [4.69, 9.17) is 16.9 Å². The van der Waals surface area contributed by atoms with Gasteiger partial charge in [-0.15, -0.1) is 0 Å². The fourth-order valence-electron chi connectivity index (χ4n) is 2.90. The molecule has 1 aromatic carbocycles. The normalized spacial score (nSPS) is 19.2. The summed E-state index contributed by atoms with van der Waals surface area (Å²) in [6, 6.07) is 6.59. The molecule has 0 bridgehead atoms. The molecule has 27 heavy (non-hydrogen) atoms. The molecule has 0 saturated carbocycles. The SMILES string of the molecule is N#Cc1cncc(N2C[C@@H](S(=O)(=O)c3ccccc3Cl)C[C@H]2C(=O)[O-])n1.[Li+]. The van der Waals surface area contributed by atoms with Gasteiger partial charge in [-0.3, -0.25) is 4.98 Å². The number of anilines is 1. The molecule has 0 radical (unpaired) electrons. The average molecular weight is 399 g/mol. The van der Waals surface area contributed by atoms with Crippen LogP contribution in [0.25, 0.3) is 0 Å². The van der Waals surface area contributed by atoms with E-state index >= 15 is 0 Å². The van der Waals surface area contributed by atoms with Crippen LogP contribution in [-0.4, -0.2) is 42.2 Å². The largest absolute Gasteiger partial charge is 1.00 e. The third kappa shape index (κ3) is 4.10. The molecule has 11 heteroatoms. The van der Waals surface area contributed by atoms with Crippen LogP contribution in [0.4, 0.5) is 5.82 Å². The quantitative estimate of drug-likeness (QED) is 0.504. The van der Waals surface area contributed by atoms with E-state index < -0.39 is 27.1 Å². The van der Waals surface area contributed by atoms with E-state index in [-0.39, 0.29) is 53.3 Å².